The summed E-state index contributed by atoms with van der Waals surface area (Å²) in [5.74, 6) is 0.672. The molecule has 1 amide bonds. The Morgan fingerprint density at radius 2 is 1.72 bits per heavy atom. The second-order valence-corrected chi connectivity index (χ2v) is 7.04. The van der Waals surface area contributed by atoms with Crippen molar-refractivity contribution in [1.29, 1.82) is 0 Å². The van der Waals surface area contributed by atoms with Crippen LogP contribution in [0.25, 0.3) is 0 Å². The fourth-order valence-corrected chi connectivity index (χ4v) is 3.36. The minimum atomic E-state index is -0.0379. The molecule has 1 saturated heterocycles. The van der Waals surface area contributed by atoms with E-state index >= 15 is 0 Å². The third-order valence-electron chi connectivity index (χ3n) is 5.13. The van der Waals surface area contributed by atoms with E-state index in [9.17, 15) is 4.79 Å². The molecule has 1 N–H and O–H groups in total. The third kappa shape index (κ3) is 4.51. The van der Waals surface area contributed by atoms with Gasteiger partial charge in [-0.3, -0.25) is 4.79 Å². The summed E-state index contributed by atoms with van der Waals surface area (Å²) >= 11 is 0. The maximum absolute atomic E-state index is 12.8. The first-order valence-electron chi connectivity index (χ1n) is 9.76. The molecule has 148 valence electrons. The van der Waals surface area contributed by atoms with Crippen molar-refractivity contribution >= 4 is 17.5 Å². The summed E-state index contributed by atoms with van der Waals surface area (Å²) in [4.78, 5) is 29.6. The number of nitrogens with zero attached hydrogens (tertiary/aromatic N) is 5. The Morgan fingerprint density at radius 3 is 2.41 bits per heavy atom. The number of nitrogens with one attached hydrogen (secondary N) is 1. The lowest BCUT2D eigenvalue weighted by molar-refractivity contribution is 0.0740. The van der Waals surface area contributed by atoms with Gasteiger partial charge in [-0.05, 0) is 36.2 Å². The SMILES string of the molecule is Cc1ccccc1CNc1ccc(C(=O)N2CCN(c3ncccn3)CC2)nc1. The Balaban J connectivity index is 1.32. The number of pyridine rings is 1. The number of piperazine rings is 1. The lowest BCUT2D eigenvalue weighted by Gasteiger charge is -2.34. The first-order valence-corrected chi connectivity index (χ1v) is 9.76. The predicted molar refractivity (Wildman–Crippen MR) is 113 cm³/mol. The Labute approximate surface area is 170 Å². The standard InChI is InChI=1S/C22H24N6O/c1-17-5-2-3-6-18(17)15-25-19-7-8-20(26-16-19)21(29)27-11-13-28(14-12-27)22-23-9-4-10-24-22/h2-10,16,25H,11-15H2,1H3. The van der Waals surface area contributed by atoms with Crippen molar-refractivity contribution < 1.29 is 4.79 Å². The van der Waals surface area contributed by atoms with E-state index in [-0.39, 0.29) is 5.91 Å². The average molecular weight is 388 g/mol. The van der Waals surface area contributed by atoms with E-state index in [1.54, 1.807) is 30.7 Å². The Hall–Kier alpha value is -3.48. The quantitative estimate of drug-likeness (QED) is 0.724. The normalized spacial score (nSPS) is 14.0. The molecular weight excluding hydrogens is 364 g/mol. The van der Waals surface area contributed by atoms with Gasteiger partial charge in [0, 0.05) is 45.1 Å². The fraction of sp³-hybridized carbons (Fsp3) is 0.273. The predicted octanol–water partition coefficient (Wildman–Crippen LogP) is 2.75. The molecule has 29 heavy (non-hydrogen) atoms. The molecule has 4 rings (SSSR count). The van der Waals surface area contributed by atoms with Crippen LogP contribution in [0.15, 0.2) is 61.1 Å². The summed E-state index contributed by atoms with van der Waals surface area (Å²) in [5.41, 5.74) is 3.86. The molecule has 0 radical (unpaired) electrons. The monoisotopic (exact) mass is 388 g/mol. The van der Waals surface area contributed by atoms with Gasteiger partial charge >= 0.3 is 0 Å². The van der Waals surface area contributed by atoms with E-state index in [2.05, 4.69) is 44.2 Å². The van der Waals surface area contributed by atoms with E-state index in [1.807, 2.05) is 23.1 Å². The van der Waals surface area contributed by atoms with Gasteiger partial charge in [0.1, 0.15) is 5.69 Å². The first-order chi connectivity index (χ1) is 14.2. The maximum Gasteiger partial charge on any atom is 0.272 e. The minimum absolute atomic E-state index is 0.0379. The van der Waals surface area contributed by atoms with Crippen LogP contribution in [0.4, 0.5) is 11.6 Å². The molecule has 1 aromatic carbocycles. The molecule has 0 spiro atoms. The average Bonchev–Trinajstić information content (AvgIpc) is 2.79. The van der Waals surface area contributed by atoms with Crippen LogP contribution in [-0.4, -0.2) is 51.9 Å². The number of carbonyl (C=O) groups is 1. The van der Waals surface area contributed by atoms with Crippen LogP contribution in [0.3, 0.4) is 0 Å². The number of hydrogen-bond donors (Lipinski definition) is 1. The van der Waals surface area contributed by atoms with Crippen molar-refractivity contribution in [1.82, 2.24) is 19.9 Å². The molecule has 1 aliphatic heterocycles. The van der Waals surface area contributed by atoms with Gasteiger partial charge in [0.05, 0.1) is 11.9 Å². The molecule has 1 aliphatic rings. The van der Waals surface area contributed by atoms with Crippen LogP contribution in [0.5, 0.6) is 0 Å². The molecule has 3 heterocycles. The summed E-state index contributed by atoms with van der Waals surface area (Å²) < 4.78 is 0. The van der Waals surface area contributed by atoms with E-state index in [0.717, 1.165) is 12.2 Å². The zero-order valence-electron chi connectivity index (χ0n) is 16.5. The topological polar surface area (TPSA) is 74.2 Å². The van der Waals surface area contributed by atoms with Gasteiger partial charge in [-0.2, -0.15) is 0 Å². The number of rotatable bonds is 5. The van der Waals surface area contributed by atoms with E-state index in [0.29, 0.717) is 37.8 Å². The van der Waals surface area contributed by atoms with Gasteiger partial charge in [0.25, 0.3) is 5.91 Å². The van der Waals surface area contributed by atoms with Crippen molar-refractivity contribution in [3.8, 4) is 0 Å². The van der Waals surface area contributed by atoms with Crippen LogP contribution in [0.2, 0.25) is 0 Å². The van der Waals surface area contributed by atoms with Crippen molar-refractivity contribution in [2.24, 2.45) is 0 Å². The summed E-state index contributed by atoms with van der Waals surface area (Å²) in [5, 5.41) is 3.36. The smallest absolute Gasteiger partial charge is 0.272 e. The highest BCUT2D eigenvalue weighted by Gasteiger charge is 2.24. The van der Waals surface area contributed by atoms with Crippen LogP contribution < -0.4 is 10.2 Å². The lowest BCUT2D eigenvalue weighted by atomic mass is 10.1. The highest BCUT2D eigenvalue weighted by atomic mass is 16.2. The van der Waals surface area contributed by atoms with Gasteiger partial charge in [-0.1, -0.05) is 24.3 Å². The second kappa shape index (κ2) is 8.68. The Bertz CT molecular complexity index is 953. The molecule has 0 aliphatic carbocycles. The highest BCUT2D eigenvalue weighted by Crippen LogP contribution is 2.15. The number of anilines is 2. The maximum atomic E-state index is 12.8. The van der Waals surface area contributed by atoms with Gasteiger partial charge in [0.2, 0.25) is 5.95 Å². The molecule has 3 aromatic rings. The van der Waals surface area contributed by atoms with Gasteiger partial charge in [0.15, 0.2) is 0 Å². The number of carbonyl (C=O) groups excluding carboxylic acids is 1. The zero-order chi connectivity index (χ0) is 20.1. The molecule has 0 atom stereocenters. The number of aryl methyl sites for hydroxylation is 1. The van der Waals surface area contributed by atoms with Crippen LogP contribution in [-0.2, 0) is 6.54 Å². The van der Waals surface area contributed by atoms with Gasteiger partial charge in [-0.15, -0.1) is 0 Å². The Kier molecular flexibility index (Phi) is 5.65. The molecule has 0 saturated carbocycles. The first kappa shape index (κ1) is 18.9. The molecule has 1 fully saturated rings. The summed E-state index contributed by atoms with van der Waals surface area (Å²) in [6, 6.07) is 13.8. The molecule has 0 unspecified atom stereocenters. The number of hydrogen-bond acceptors (Lipinski definition) is 6. The number of benzene rings is 1. The number of aromatic nitrogens is 3. The van der Waals surface area contributed by atoms with Crippen molar-refractivity contribution in [2.45, 2.75) is 13.5 Å². The molecule has 2 aromatic heterocycles. The lowest BCUT2D eigenvalue weighted by Crippen LogP contribution is -2.49. The van der Waals surface area contributed by atoms with Crippen molar-refractivity contribution in [3.05, 3.63) is 77.9 Å². The van der Waals surface area contributed by atoms with Crippen molar-refractivity contribution in [2.75, 3.05) is 36.4 Å². The summed E-state index contributed by atoms with van der Waals surface area (Å²) in [6.07, 6.45) is 5.19. The molecular formula is C22H24N6O. The van der Waals surface area contributed by atoms with Gasteiger partial charge in [-0.25, -0.2) is 15.0 Å². The molecule has 0 bridgehead atoms. The summed E-state index contributed by atoms with van der Waals surface area (Å²) in [6.45, 7) is 5.52. The molecule has 7 nitrogen and oxygen atoms in total. The van der Waals surface area contributed by atoms with E-state index in [1.165, 1.54) is 11.1 Å². The zero-order valence-corrected chi connectivity index (χ0v) is 16.5. The van der Waals surface area contributed by atoms with Crippen molar-refractivity contribution in [3.63, 3.8) is 0 Å². The van der Waals surface area contributed by atoms with E-state index in [4.69, 9.17) is 0 Å². The third-order valence-corrected chi connectivity index (χ3v) is 5.13. The fourth-order valence-electron chi connectivity index (χ4n) is 3.36. The van der Waals surface area contributed by atoms with Crippen LogP contribution in [0.1, 0.15) is 21.6 Å². The minimum Gasteiger partial charge on any atom is -0.380 e. The van der Waals surface area contributed by atoms with E-state index < -0.39 is 0 Å². The van der Waals surface area contributed by atoms with Crippen LogP contribution >= 0.6 is 0 Å². The molecule has 7 heteroatoms. The highest BCUT2D eigenvalue weighted by molar-refractivity contribution is 5.92. The summed E-state index contributed by atoms with van der Waals surface area (Å²) in [7, 11) is 0. The van der Waals surface area contributed by atoms with Gasteiger partial charge < -0.3 is 15.1 Å². The van der Waals surface area contributed by atoms with Crippen LogP contribution in [0, 0.1) is 6.92 Å². The Morgan fingerprint density at radius 1 is 0.966 bits per heavy atom. The number of amides is 1. The second-order valence-electron chi connectivity index (χ2n) is 7.04. The largest absolute Gasteiger partial charge is 0.380 e.